The molecule has 1 heterocycles. The molecular weight excluding hydrogens is 214 g/mol. The van der Waals surface area contributed by atoms with Gasteiger partial charge in [0, 0.05) is 5.57 Å². The average molecular weight is 225 g/mol. The summed E-state index contributed by atoms with van der Waals surface area (Å²) in [6.07, 6.45) is 3.55. The third kappa shape index (κ3) is 2.05. The largest absolute Gasteiger partial charge is 0.480 e. The number of nitriles is 3. The SMILES string of the molecule is C/C=C/C1=C(C#N)C(=C(C#N)C#N)OC1(C)C. The summed E-state index contributed by atoms with van der Waals surface area (Å²) in [7, 11) is 0. The summed E-state index contributed by atoms with van der Waals surface area (Å²) in [5.41, 5.74) is 0.0621. The van der Waals surface area contributed by atoms with Crippen LogP contribution >= 0.6 is 0 Å². The lowest BCUT2D eigenvalue weighted by Crippen LogP contribution is -2.20. The van der Waals surface area contributed by atoms with E-state index in [0.29, 0.717) is 5.57 Å². The number of ether oxygens (including phenoxy) is 1. The van der Waals surface area contributed by atoms with Crippen LogP contribution in [0.1, 0.15) is 20.8 Å². The van der Waals surface area contributed by atoms with Crippen molar-refractivity contribution in [3.05, 3.63) is 34.6 Å². The van der Waals surface area contributed by atoms with Crippen LogP contribution in [0.4, 0.5) is 0 Å². The van der Waals surface area contributed by atoms with Gasteiger partial charge in [0.1, 0.15) is 29.4 Å². The van der Waals surface area contributed by atoms with Gasteiger partial charge in [-0.25, -0.2) is 0 Å². The van der Waals surface area contributed by atoms with E-state index >= 15 is 0 Å². The van der Waals surface area contributed by atoms with E-state index < -0.39 is 5.60 Å². The second kappa shape index (κ2) is 4.56. The highest BCUT2D eigenvalue weighted by Crippen LogP contribution is 2.39. The third-order valence-electron chi connectivity index (χ3n) is 2.40. The molecular formula is C13H11N3O. The summed E-state index contributed by atoms with van der Waals surface area (Å²) < 4.78 is 5.55. The second-order valence-electron chi connectivity index (χ2n) is 3.94. The van der Waals surface area contributed by atoms with Gasteiger partial charge in [-0.1, -0.05) is 12.2 Å². The van der Waals surface area contributed by atoms with Gasteiger partial charge < -0.3 is 4.74 Å². The van der Waals surface area contributed by atoms with Gasteiger partial charge in [-0.15, -0.1) is 0 Å². The van der Waals surface area contributed by atoms with Crippen molar-refractivity contribution in [3.8, 4) is 18.2 Å². The van der Waals surface area contributed by atoms with E-state index in [4.69, 9.17) is 20.5 Å². The Hall–Kier alpha value is -2.51. The molecule has 0 fully saturated rings. The monoisotopic (exact) mass is 225 g/mol. The van der Waals surface area contributed by atoms with Crippen LogP contribution in [0.25, 0.3) is 0 Å². The Morgan fingerprint density at radius 2 is 1.82 bits per heavy atom. The summed E-state index contributed by atoms with van der Waals surface area (Å²) >= 11 is 0. The predicted octanol–water partition coefficient (Wildman–Crippen LogP) is 2.49. The summed E-state index contributed by atoms with van der Waals surface area (Å²) in [6, 6.07) is 5.48. The first-order valence-electron chi connectivity index (χ1n) is 5.03. The number of allylic oxidation sites excluding steroid dienone is 3. The summed E-state index contributed by atoms with van der Waals surface area (Å²) in [6.45, 7) is 5.41. The van der Waals surface area contributed by atoms with Gasteiger partial charge in [-0.3, -0.25) is 0 Å². The maximum atomic E-state index is 9.13. The third-order valence-corrected chi connectivity index (χ3v) is 2.40. The molecule has 1 aliphatic rings. The standard InChI is InChI=1S/C13H11N3O/c1-4-5-11-10(8-16)12(9(6-14)7-15)17-13(11,2)3/h4-5H,1-3H3/b5-4+. The predicted molar refractivity (Wildman–Crippen MR) is 60.9 cm³/mol. The Morgan fingerprint density at radius 1 is 1.24 bits per heavy atom. The molecule has 0 atom stereocenters. The van der Waals surface area contributed by atoms with Crippen molar-refractivity contribution in [2.24, 2.45) is 0 Å². The molecule has 0 saturated heterocycles. The molecule has 4 heteroatoms. The van der Waals surface area contributed by atoms with Gasteiger partial charge >= 0.3 is 0 Å². The lowest BCUT2D eigenvalue weighted by Gasteiger charge is -2.20. The zero-order chi connectivity index (χ0) is 13.1. The number of nitrogens with zero attached hydrogens (tertiary/aromatic N) is 3. The van der Waals surface area contributed by atoms with E-state index in [1.807, 2.05) is 13.0 Å². The number of hydrogen-bond donors (Lipinski definition) is 0. The summed E-state index contributed by atoms with van der Waals surface area (Å²) in [5.74, 6) is 0.0793. The van der Waals surface area contributed by atoms with Crippen molar-refractivity contribution in [2.45, 2.75) is 26.4 Å². The highest BCUT2D eigenvalue weighted by atomic mass is 16.5. The van der Waals surface area contributed by atoms with Crippen molar-refractivity contribution in [1.29, 1.82) is 15.8 Å². The Bertz CT molecular complexity index is 541. The summed E-state index contributed by atoms with van der Waals surface area (Å²) in [4.78, 5) is 0. The molecule has 1 aliphatic heterocycles. The van der Waals surface area contributed by atoms with E-state index in [1.54, 1.807) is 38.1 Å². The molecule has 0 aromatic heterocycles. The lowest BCUT2D eigenvalue weighted by atomic mass is 9.95. The fourth-order valence-electron chi connectivity index (χ4n) is 1.65. The van der Waals surface area contributed by atoms with E-state index in [1.165, 1.54) is 0 Å². The maximum absolute atomic E-state index is 9.13. The fraction of sp³-hybridized carbons (Fsp3) is 0.308. The van der Waals surface area contributed by atoms with Crippen molar-refractivity contribution in [1.82, 2.24) is 0 Å². The molecule has 0 spiro atoms. The molecule has 0 radical (unpaired) electrons. The van der Waals surface area contributed by atoms with E-state index in [0.717, 1.165) is 0 Å². The maximum Gasteiger partial charge on any atom is 0.172 e. The molecule has 1 rings (SSSR count). The van der Waals surface area contributed by atoms with Crippen LogP contribution in [0.15, 0.2) is 34.6 Å². The first-order valence-corrected chi connectivity index (χ1v) is 5.03. The fourth-order valence-corrected chi connectivity index (χ4v) is 1.65. The van der Waals surface area contributed by atoms with Crippen molar-refractivity contribution >= 4 is 0 Å². The number of rotatable bonds is 1. The van der Waals surface area contributed by atoms with Crippen LogP contribution in [-0.2, 0) is 4.74 Å². The smallest absolute Gasteiger partial charge is 0.172 e. The molecule has 84 valence electrons. The normalized spacial score (nSPS) is 17.3. The van der Waals surface area contributed by atoms with Crippen LogP contribution < -0.4 is 0 Å². The Balaban J connectivity index is 3.58. The van der Waals surface area contributed by atoms with Gasteiger partial charge in [-0.2, -0.15) is 15.8 Å². The topological polar surface area (TPSA) is 80.6 Å². The summed E-state index contributed by atoms with van der Waals surface area (Å²) in [5, 5.41) is 26.8. The minimum Gasteiger partial charge on any atom is -0.480 e. The van der Waals surface area contributed by atoms with Crippen LogP contribution in [0.3, 0.4) is 0 Å². The highest BCUT2D eigenvalue weighted by molar-refractivity contribution is 5.59. The molecule has 0 saturated carbocycles. The molecule has 17 heavy (non-hydrogen) atoms. The minimum absolute atomic E-state index is 0.0793. The Labute approximate surface area is 100 Å². The van der Waals surface area contributed by atoms with Crippen molar-refractivity contribution in [2.75, 3.05) is 0 Å². The molecule has 0 amide bonds. The van der Waals surface area contributed by atoms with Crippen LogP contribution in [0, 0.1) is 34.0 Å². The van der Waals surface area contributed by atoms with Crippen molar-refractivity contribution < 1.29 is 4.74 Å². The molecule has 4 nitrogen and oxygen atoms in total. The van der Waals surface area contributed by atoms with E-state index in [9.17, 15) is 0 Å². The first kappa shape index (κ1) is 12.6. The Morgan fingerprint density at radius 3 is 2.24 bits per heavy atom. The van der Waals surface area contributed by atoms with Crippen LogP contribution in [0.5, 0.6) is 0 Å². The van der Waals surface area contributed by atoms with Crippen LogP contribution in [-0.4, -0.2) is 5.60 Å². The van der Waals surface area contributed by atoms with Crippen molar-refractivity contribution in [3.63, 3.8) is 0 Å². The quantitative estimate of drug-likeness (QED) is 0.642. The number of hydrogen-bond acceptors (Lipinski definition) is 4. The molecule has 0 bridgehead atoms. The van der Waals surface area contributed by atoms with Gasteiger partial charge in [0.25, 0.3) is 0 Å². The zero-order valence-electron chi connectivity index (χ0n) is 9.90. The average Bonchev–Trinajstić information content (AvgIpc) is 2.53. The molecule has 0 aromatic carbocycles. The first-order chi connectivity index (χ1) is 8.01. The minimum atomic E-state index is -0.703. The lowest BCUT2D eigenvalue weighted by molar-refractivity contribution is 0.0954. The zero-order valence-corrected chi connectivity index (χ0v) is 9.90. The van der Waals surface area contributed by atoms with Gasteiger partial charge in [0.05, 0.1) is 0 Å². The van der Waals surface area contributed by atoms with Gasteiger partial charge in [0.2, 0.25) is 0 Å². The van der Waals surface area contributed by atoms with Gasteiger partial charge in [-0.05, 0) is 20.8 Å². The molecule has 0 N–H and O–H groups in total. The molecule has 0 unspecified atom stereocenters. The molecule has 0 aromatic rings. The van der Waals surface area contributed by atoms with E-state index in [2.05, 4.69) is 0 Å². The highest BCUT2D eigenvalue weighted by Gasteiger charge is 2.38. The van der Waals surface area contributed by atoms with Crippen LogP contribution in [0.2, 0.25) is 0 Å². The molecule has 0 aliphatic carbocycles. The van der Waals surface area contributed by atoms with E-state index in [-0.39, 0.29) is 16.9 Å². The second-order valence-corrected chi connectivity index (χ2v) is 3.94. The van der Waals surface area contributed by atoms with Gasteiger partial charge in [0.15, 0.2) is 11.3 Å². The Kier molecular flexibility index (Phi) is 3.37.